The van der Waals surface area contributed by atoms with Gasteiger partial charge in [-0.25, -0.2) is 0 Å². The van der Waals surface area contributed by atoms with Crippen LogP contribution < -0.4 is 10.9 Å². The molecule has 142 valence electrons. The van der Waals surface area contributed by atoms with Crippen LogP contribution >= 0.6 is 35.3 Å². The molecule has 27 heavy (non-hydrogen) atoms. The van der Waals surface area contributed by atoms with Crippen molar-refractivity contribution in [1.29, 1.82) is 0 Å². The molecule has 2 aromatic rings. The van der Waals surface area contributed by atoms with Gasteiger partial charge in [0.05, 0.1) is 5.75 Å². The van der Waals surface area contributed by atoms with Gasteiger partial charge in [-0.15, -0.1) is 10.2 Å². The standard InChI is InChI=1S/C17H19N5O2S3/c1-10-19-20-16(27-10)18-14(23)9-26-17(25)21-6-11-5-12(8-21)13-3-2-4-15(24)22(13)7-11/h2-4,11-12H,5-9H2,1H3,(H,18,20,23)/t11-,12-/m1/s1. The van der Waals surface area contributed by atoms with Gasteiger partial charge in [-0.2, -0.15) is 0 Å². The van der Waals surface area contributed by atoms with E-state index in [1.54, 1.807) is 6.07 Å². The highest BCUT2D eigenvalue weighted by atomic mass is 32.2. The summed E-state index contributed by atoms with van der Waals surface area (Å²) in [5.41, 5.74) is 1.18. The van der Waals surface area contributed by atoms with E-state index in [0.717, 1.165) is 41.1 Å². The molecule has 0 aromatic carbocycles. The van der Waals surface area contributed by atoms with E-state index in [4.69, 9.17) is 12.2 Å². The molecular weight excluding hydrogens is 402 g/mol. The summed E-state index contributed by atoms with van der Waals surface area (Å²) in [6.07, 6.45) is 1.09. The van der Waals surface area contributed by atoms with Crippen LogP contribution in [0.3, 0.4) is 0 Å². The maximum absolute atomic E-state index is 12.1. The third-order valence-electron chi connectivity index (χ3n) is 4.84. The Bertz CT molecular complexity index is 941. The van der Waals surface area contributed by atoms with Gasteiger partial charge in [0.15, 0.2) is 0 Å². The first-order chi connectivity index (χ1) is 13.0. The lowest BCUT2D eigenvalue weighted by molar-refractivity contribution is -0.113. The summed E-state index contributed by atoms with van der Waals surface area (Å²) >= 11 is 8.30. The van der Waals surface area contributed by atoms with Crippen molar-refractivity contribution < 1.29 is 4.79 Å². The summed E-state index contributed by atoms with van der Waals surface area (Å²) in [7, 11) is 0. The van der Waals surface area contributed by atoms with Crippen LogP contribution in [0, 0.1) is 12.8 Å². The van der Waals surface area contributed by atoms with Gasteiger partial charge >= 0.3 is 0 Å². The van der Waals surface area contributed by atoms with Crippen LogP contribution in [-0.2, 0) is 11.3 Å². The highest BCUT2D eigenvalue weighted by molar-refractivity contribution is 8.23. The van der Waals surface area contributed by atoms with Crippen LogP contribution in [0.5, 0.6) is 0 Å². The average Bonchev–Trinajstić information content (AvgIpc) is 3.05. The molecule has 0 spiro atoms. The molecule has 4 heterocycles. The number of aromatic nitrogens is 3. The van der Waals surface area contributed by atoms with Crippen LogP contribution in [0.25, 0.3) is 0 Å². The van der Waals surface area contributed by atoms with Gasteiger partial charge in [0, 0.05) is 37.3 Å². The molecular formula is C17H19N5O2S3. The number of aryl methyl sites for hydroxylation is 1. The number of hydrogen-bond acceptors (Lipinski definition) is 7. The van der Waals surface area contributed by atoms with Crippen molar-refractivity contribution >= 4 is 50.7 Å². The molecule has 2 atom stereocenters. The number of carbonyl (C=O) groups is 1. The molecule has 2 aromatic heterocycles. The number of carbonyl (C=O) groups excluding carboxylic acids is 1. The van der Waals surface area contributed by atoms with Crippen molar-refractivity contribution in [3.63, 3.8) is 0 Å². The molecule has 1 fully saturated rings. The highest BCUT2D eigenvalue weighted by Gasteiger charge is 2.35. The summed E-state index contributed by atoms with van der Waals surface area (Å²) in [6, 6.07) is 5.50. The van der Waals surface area contributed by atoms with Crippen molar-refractivity contribution in [2.45, 2.75) is 25.8 Å². The van der Waals surface area contributed by atoms with E-state index in [9.17, 15) is 9.59 Å². The number of rotatable bonds is 3. The van der Waals surface area contributed by atoms with Crippen LogP contribution in [-0.4, -0.2) is 48.7 Å². The summed E-state index contributed by atoms with van der Waals surface area (Å²) in [5.74, 6) is 0.836. The minimum absolute atomic E-state index is 0.0798. The Hall–Kier alpha value is -1.78. The topological polar surface area (TPSA) is 80.1 Å². The van der Waals surface area contributed by atoms with E-state index in [0.29, 0.717) is 17.0 Å². The van der Waals surface area contributed by atoms with Crippen molar-refractivity contribution in [3.05, 3.63) is 39.3 Å². The zero-order chi connectivity index (χ0) is 19.0. The Labute approximate surface area is 170 Å². The number of thiocarbonyl (C=S) groups is 1. The van der Waals surface area contributed by atoms with Gasteiger partial charge in [0.2, 0.25) is 11.0 Å². The average molecular weight is 422 g/mol. The molecule has 0 radical (unpaired) electrons. The minimum Gasteiger partial charge on any atom is -0.356 e. The van der Waals surface area contributed by atoms with E-state index >= 15 is 0 Å². The van der Waals surface area contributed by atoms with Crippen LogP contribution in [0.1, 0.15) is 23.0 Å². The second kappa shape index (κ2) is 7.69. The summed E-state index contributed by atoms with van der Waals surface area (Å²) < 4.78 is 2.64. The molecule has 10 heteroatoms. The summed E-state index contributed by atoms with van der Waals surface area (Å²) in [6.45, 7) is 4.21. The predicted octanol–water partition coefficient (Wildman–Crippen LogP) is 2.08. The van der Waals surface area contributed by atoms with E-state index in [2.05, 4.69) is 20.4 Å². The van der Waals surface area contributed by atoms with Crippen molar-refractivity contribution in [2.24, 2.45) is 5.92 Å². The first kappa shape index (κ1) is 18.6. The number of anilines is 1. The molecule has 1 N–H and O–H groups in total. The Morgan fingerprint density at radius 3 is 3.00 bits per heavy atom. The second-order valence-corrected chi connectivity index (χ2v) is 9.62. The zero-order valence-electron chi connectivity index (χ0n) is 14.8. The number of nitrogens with zero attached hydrogens (tertiary/aromatic N) is 4. The molecule has 2 aliphatic rings. The predicted molar refractivity (Wildman–Crippen MR) is 111 cm³/mol. The number of pyridine rings is 1. The van der Waals surface area contributed by atoms with Gasteiger partial charge < -0.3 is 9.47 Å². The monoisotopic (exact) mass is 421 g/mol. The van der Waals surface area contributed by atoms with Crippen LogP contribution in [0.15, 0.2) is 23.0 Å². The molecule has 4 rings (SSSR count). The van der Waals surface area contributed by atoms with Gasteiger partial charge in [-0.05, 0) is 25.3 Å². The molecule has 0 aliphatic carbocycles. The Balaban J connectivity index is 1.35. The summed E-state index contributed by atoms with van der Waals surface area (Å²) in [4.78, 5) is 26.4. The first-order valence-corrected chi connectivity index (χ1v) is 10.9. The van der Waals surface area contributed by atoms with E-state index < -0.39 is 0 Å². The van der Waals surface area contributed by atoms with Gasteiger partial charge in [0.25, 0.3) is 5.56 Å². The number of piperidine rings is 1. The van der Waals surface area contributed by atoms with Crippen LogP contribution in [0.2, 0.25) is 0 Å². The largest absolute Gasteiger partial charge is 0.356 e. The minimum atomic E-state index is -0.132. The molecule has 7 nitrogen and oxygen atoms in total. The number of amides is 1. The van der Waals surface area contributed by atoms with Crippen molar-refractivity contribution in [2.75, 3.05) is 24.2 Å². The molecule has 1 saturated heterocycles. The number of thioether (sulfide) groups is 1. The van der Waals surface area contributed by atoms with E-state index in [1.807, 2.05) is 23.6 Å². The Morgan fingerprint density at radius 2 is 2.22 bits per heavy atom. The first-order valence-electron chi connectivity index (χ1n) is 8.71. The van der Waals surface area contributed by atoms with E-state index in [-0.39, 0.29) is 17.2 Å². The number of nitrogens with one attached hydrogen (secondary N) is 1. The normalized spacial score (nSPS) is 20.9. The van der Waals surface area contributed by atoms with Crippen LogP contribution in [0.4, 0.5) is 5.13 Å². The lowest BCUT2D eigenvalue weighted by Crippen LogP contribution is -2.48. The smallest absolute Gasteiger partial charge is 0.250 e. The third kappa shape index (κ3) is 4.07. The summed E-state index contributed by atoms with van der Waals surface area (Å²) in [5, 5.41) is 11.9. The number of hydrogen-bond donors (Lipinski definition) is 1. The number of fused-ring (bicyclic) bond motifs is 4. The lowest BCUT2D eigenvalue weighted by atomic mass is 9.83. The highest BCUT2D eigenvalue weighted by Crippen LogP contribution is 2.36. The van der Waals surface area contributed by atoms with Crippen molar-refractivity contribution in [1.82, 2.24) is 19.7 Å². The molecule has 2 aliphatic heterocycles. The second-order valence-electron chi connectivity index (χ2n) is 6.83. The third-order valence-corrected chi connectivity index (χ3v) is 7.11. The molecule has 0 unspecified atom stereocenters. The fourth-order valence-corrected chi connectivity index (χ4v) is 5.36. The zero-order valence-corrected chi connectivity index (χ0v) is 17.2. The van der Waals surface area contributed by atoms with Gasteiger partial charge in [-0.3, -0.25) is 14.9 Å². The van der Waals surface area contributed by atoms with Gasteiger partial charge in [0.1, 0.15) is 9.33 Å². The molecule has 2 bridgehead atoms. The maximum Gasteiger partial charge on any atom is 0.250 e. The molecule has 1 amide bonds. The number of likely N-dealkylation sites (tertiary alicyclic amines) is 1. The van der Waals surface area contributed by atoms with Crippen molar-refractivity contribution in [3.8, 4) is 0 Å². The van der Waals surface area contributed by atoms with E-state index in [1.165, 1.54) is 23.1 Å². The quantitative estimate of drug-likeness (QED) is 0.760. The SMILES string of the molecule is Cc1nnc(NC(=O)CSC(=S)N2C[C@H]3C[C@H](C2)c2cccc(=O)n2C3)s1. The fraction of sp³-hybridized carbons (Fsp3) is 0.471. The Morgan fingerprint density at radius 1 is 1.37 bits per heavy atom. The fourth-order valence-electron chi connectivity index (χ4n) is 3.77. The van der Waals surface area contributed by atoms with Gasteiger partial charge in [-0.1, -0.05) is 41.4 Å². The lowest BCUT2D eigenvalue weighted by Gasteiger charge is -2.43. The Kier molecular flexibility index (Phi) is 5.29. The molecule has 0 saturated carbocycles. The maximum atomic E-state index is 12.1.